The van der Waals surface area contributed by atoms with Gasteiger partial charge in [0.05, 0.1) is 11.4 Å². The van der Waals surface area contributed by atoms with Gasteiger partial charge in [0.25, 0.3) is 5.89 Å². The van der Waals surface area contributed by atoms with Crippen molar-refractivity contribution in [2.45, 2.75) is 46.2 Å². The molecule has 2 aromatic heterocycles. The normalized spacial score (nSPS) is 16.6. The van der Waals surface area contributed by atoms with Gasteiger partial charge in [0.15, 0.2) is 0 Å². The monoisotopic (exact) mass is 339 g/mol. The van der Waals surface area contributed by atoms with Gasteiger partial charge in [0.2, 0.25) is 5.89 Å². The fourth-order valence-corrected chi connectivity index (χ4v) is 4.44. The third-order valence-corrected chi connectivity index (χ3v) is 6.04. The minimum Gasteiger partial charge on any atom is -0.418 e. The van der Waals surface area contributed by atoms with E-state index in [0.29, 0.717) is 24.4 Å². The molecule has 3 aromatic rings. The van der Waals surface area contributed by atoms with Gasteiger partial charge in [-0.05, 0) is 49.9 Å². The molecule has 0 saturated carbocycles. The quantitative estimate of drug-likeness (QED) is 0.695. The van der Waals surface area contributed by atoms with Crippen LogP contribution in [0.1, 0.15) is 35.7 Å². The fraction of sp³-hybridized carbons (Fsp3) is 0.368. The van der Waals surface area contributed by atoms with Gasteiger partial charge in [-0.2, -0.15) is 0 Å². The number of aromatic nitrogens is 2. The lowest BCUT2D eigenvalue weighted by atomic mass is 10.1. The molecule has 4 rings (SSSR count). The molecule has 0 fully saturated rings. The van der Waals surface area contributed by atoms with Crippen molar-refractivity contribution < 1.29 is 4.42 Å². The molecular weight excluding hydrogens is 318 g/mol. The van der Waals surface area contributed by atoms with E-state index >= 15 is 0 Å². The number of fused-ring (bicyclic) bond motifs is 1. The van der Waals surface area contributed by atoms with E-state index in [0.717, 1.165) is 17.7 Å². The summed E-state index contributed by atoms with van der Waals surface area (Å²) in [5, 5.41) is 8.54. The van der Waals surface area contributed by atoms with E-state index in [4.69, 9.17) is 4.42 Å². The summed E-state index contributed by atoms with van der Waals surface area (Å²) in [5.41, 5.74) is 3.98. The summed E-state index contributed by atoms with van der Waals surface area (Å²) >= 11 is 1.75. The Kier molecular flexibility index (Phi) is 3.88. The first-order valence-corrected chi connectivity index (χ1v) is 9.24. The van der Waals surface area contributed by atoms with Crippen molar-refractivity contribution in [1.82, 2.24) is 10.2 Å². The maximum absolute atomic E-state index is 5.95. The maximum Gasteiger partial charge on any atom is 0.257 e. The van der Waals surface area contributed by atoms with Gasteiger partial charge in [-0.3, -0.25) is 0 Å². The summed E-state index contributed by atoms with van der Waals surface area (Å²) in [7, 11) is 0. The summed E-state index contributed by atoms with van der Waals surface area (Å²) in [6.45, 7) is 7.22. The van der Waals surface area contributed by atoms with Crippen molar-refractivity contribution in [1.29, 1.82) is 0 Å². The molecule has 24 heavy (non-hydrogen) atoms. The molecule has 0 amide bonds. The minimum atomic E-state index is 0.452. The van der Waals surface area contributed by atoms with Crippen LogP contribution in [0.3, 0.4) is 0 Å². The number of aryl methyl sites for hydroxylation is 2. The smallest absolute Gasteiger partial charge is 0.257 e. The van der Waals surface area contributed by atoms with Crippen molar-refractivity contribution >= 4 is 17.0 Å². The van der Waals surface area contributed by atoms with Gasteiger partial charge in [-0.1, -0.05) is 25.1 Å². The molecule has 3 heterocycles. The molecule has 1 aliphatic heterocycles. The van der Waals surface area contributed by atoms with E-state index in [-0.39, 0.29) is 0 Å². The number of rotatable bonds is 4. The van der Waals surface area contributed by atoms with Gasteiger partial charge in [0.1, 0.15) is 0 Å². The summed E-state index contributed by atoms with van der Waals surface area (Å²) in [6.07, 6.45) is 2.11. The van der Waals surface area contributed by atoms with Crippen LogP contribution >= 0.6 is 11.3 Å². The summed E-state index contributed by atoms with van der Waals surface area (Å²) in [4.78, 5) is 4.80. The third-order valence-electron chi connectivity index (χ3n) is 4.67. The van der Waals surface area contributed by atoms with E-state index in [2.05, 4.69) is 66.2 Å². The van der Waals surface area contributed by atoms with E-state index in [1.165, 1.54) is 21.7 Å². The van der Waals surface area contributed by atoms with Crippen molar-refractivity contribution in [2.24, 2.45) is 0 Å². The van der Waals surface area contributed by atoms with Crippen LogP contribution in [0.15, 0.2) is 34.7 Å². The van der Waals surface area contributed by atoms with Crippen molar-refractivity contribution in [2.75, 3.05) is 4.90 Å². The number of nitrogens with zero attached hydrogens (tertiary/aromatic N) is 3. The molecule has 0 N–H and O–H groups in total. The molecule has 4 nitrogen and oxygen atoms in total. The Morgan fingerprint density at radius 1 is 1.29 bits per heavy atom. The molecule has 1 aliphatic rings. The predicted molar refractivity (Wildman–Crippen MR) is 97.5 cm³/mol. The zero-order valence-electron chi connectivity index (χ0n) is 14.2. The highest BCUT2D eigenvalue weighted by Crippen LogP contribution is 2.34. The topological polar surface area (TPSA) is 42.2 Å². The SMILES string of the molecule is CCc1sc(-c2nnc(CN3c4ccccc4C[C@H]3C)o2)cc1C. The Hall–Kier alpha value is -2.14. The number of hydrogen-bond donors (Lipinski definition) is 0. The summed E-state index contributed by atoms with van der Waals surface area (Å²) in [5.74, 6) is 1.32. The van der Waals surface area contributed by atoms with E-state index in [9.17, 15) is 0 Å². The third kappa shape index (κ3) is 2.63. The van der Waals surface area contributed by atoms with E-state index < -0.39 is 0 Å². The number of thiophene rings is 1. The van der Waals surface area contributed by atoms with Gasteiger partial charge in [-0.15, -0.1) is 21.5 Å². The van der Waals surface area contributed by atoms with Crippen molar-refractivity contribution in [3.63, 3.8) is 0 Å². The second-order valence-corrected chi connectivity index (χ2v) is 7.52. The lowest BCUT2D eigenvalue weighted by molar-refractivity contribution is 0.489. The average molecular weight is 339 g/mol. The van der Waals surface area contributed by atoms with Crippen LogP contribution < -0.4 is 4.90 Å². The molecule has 0 radical (unpaired) electrons. The van der Waals surface area contributed by atoms with Gasteiger partial charge < -0.3 is 9.32 Å². The van der Waals surface area contributed by atoms with E-state index in [1.54, 1.807) is 11.3 Å². The molecule has 0 bridgehead atoms. The average Bonchev–Trinajstić information content (AvgIpc) is 3.26. The van der Waals surface area contributed by atoms with Crippen LogP contribution in [0.4, 0.5) is 5.69 Å². The first kappa shape index (κ1) is 15.4. The number of para-hydroxylation sites is 1. The number of anilines is 1. The first-order chi connectivity index (χ1) is 11.7. The summed E-state index contributed by atoms with van der Waals surface area (Å²) < 4.78 is 5.95. The van der Waals surface area contributed by atoms with Crippen molar-refractivity contribution in [3.05, 3.63) is 52.2 Å². The van der Waals surface area contributed by atoms with Crippen LogP contribution in [0, 0.1) is 6.92 Å². The van der Waals surface area contributed by atoms with Gasteiger partial charge in [0, 0.05) is 16.6 Å². The molecule has 5 heteroatoms. The second kappa shape index (κ2) is 6.06. The zero-order valence-corrected chi connectivity index (χ0v) is 15.1. The van der Waals surface area contributed by atoms with Gasteiger partial charge >= 0.3 is 0 Å². The Morgan fingerprint density at radius 2 is 2.12 bits per heavy atom. The molecule has 124 valence electrons. The predicted octanol–water partition coefficient (Wildman–Crippen LogP) is 4.62. The lowest BCUT2D eigenvalue weighted by Crippen LogP contribution is -2.28. The number of hydrogen-bond acceptors (Lipinski definition) is 5. The second-order valence-electron chi connectivity index (χ2n) is 6.38. The fourth-order valence-electron chi connectivity index (χ4n) is 3.41. The maximum atomic E-state index is 5.95. The highest BCUT2D eigenvalue weighted by molar-refractivity contribution is 7.15. The van der Waals surface area contributed by atoms with Crippen LogP contribution in [-0.2, 0) is 19.4 Å². The Balaban J connectivity index is 1.57. The zero-order chi connectivity index (χ0) is 16.7. The molecule has 0 spiro atoms. The van der Waals surface area contributed by atoms with Crippen molar-refractivity contribution in [3.8, 4) is 10.8 Å². The largest absolute Gasteiger partial charge is 0.418 e. The van der Waals surface area contributed by atoms with Crippen LogP contribution in [0.5, 0.6) is 0 Å². The van der Waals surface area contributed by atoms with E-state index in [1.807, 2.05) is 0 Å². The highest BCUT2D eigenvalue weighted by atomic mass is 32.1. The van der Waals surface area contributed by atoms with Crippen LogP contribution in [-0.4, -0.2) is 16.2 Å². The molecule has 1 aromatic carbocycles. The minimum absolute atomic E-state index is 0.452. The number of benzene rings is 1. The molecular formula is C19H21N3OS. The Labute approximate surface area is 146 Å². The lowest BCUT2D eigenvalue weighted by Gasteiger charge is -2.22. The van der Waals surface area contributed by atoms with Gasteiger partial charge in [-0.25, -0.2) is 0 Å². The standard InChI is InChI=1S/C19H21N3OS/c1-4-16-12(2)9-17(24-16)19-21-20-18(23-19)11-22-13(3)10-14-7-5-6-8-15(14)22/h5-9,13H,4,10-11H2,1-3H3/t13-/m1/s1. The Morgan fingerprint density at radius 3 is 2.92 bits per heavy atom. The van der Waals surface area contributed by atoms with Crippen LogP contribution in [0.25, 0.3) is 10.8 Å². The highest BCUT2D eigenvalue weighted by Gasteiger charge is 2.27. The molecule has 0 aliphatic carbocycles. The van der Waals surface area contributed by atoms with Crippen LogP contribution in [0.2, 0.25) is 0 Å². The molecule has 0 unspecified atom stereocenters. The first-order valence-electron chi connectivity index (χ1n) is 8.42. The Bertz CT molecular complexity index is 867. The summed E-state index contributed by atoms with van der Waals surface area (Å²) in [6, 6.07) is 11.2. The molecule has 1 atom stereocenters. The molecule has 0 saturated heterocycles.